The lowest BCUT2D eigenvalue weighted by atomic mass is 10.2. The van der Waals surface area contributed by atoms with Crippen LogP contribution in [0.2, 0.25) is 0 Å². The van der Waals surface area contributed by atoms with Crippen LogP contribution >= 0.6 is 11.3 Å². The molecular weight excluding hydrogens is 362 g/mol. The molecule has 0 amide bonds. The minimum atomic E-state index is -0.722. The van der Waals surface area contributed by atoms with Gasteiger partial charge in [-0.25, -0.2) is 15.0 Å². The maximum Gasteiger partial charge on any atom is 0.173 e. The number of rotatable bonds is 8. The Morgan fingerprint density at radius 2 is 2.26 bits per heavy atom. The number of hydrogen-bond donors (Lipinski definition) is 4. The van der Waals surface area contributed by atoms with Gasteiger partial charge in [-0.3, -0.25) is 0 Å². The lowest BCUT2D eigenvalue weighted by molar-refractivity contribution is 0.137. The van der Waals surface area contributed by atoms with Crippen LogP contribution in [-0.4, -0.2) is 38.3 Å². The summed E-state index contributed by atoms with van der Waals surface area (Å²) >= 11 is 1.35. The molecule has 8 heteroatoms. The molecule has 7 nitrogen and oxygen atoms in total. The molecule has 0 bridgehead atoms. The highest BCUT2D eigenvalue weighted by Crippen LogP contribution is 2.33. The van der Waals surface area contributed by atoms with Gasteiger partial charge in [-0.1, -0.05) is 5.92 Å². The maximum absolute atomic E-state index is 9.99. The van der Waals surface area contributed by atoms with Crippen LogP contribution in [0.15, 0.2) is 23.3 Å². The van der Waals surface area contributed by atoms with Gasteiger partial charge >= 0.3 is 0 Å². The monoisotopic (exact) mass is 383 g/mol. The van der Waals surface area contributed by atoms with E-state index in [9.17, 15) is 5.11 Å². The van der Waals surface area contributed by atoms with Gasteiger partial charge in [0.25, 0.3) is 0 Å². The van der Waals surface area contributed by atoms with Crippen LogP contribution in [0, 0.1) is 23.7 Å². The summed E-state index contributed by atoms with van der Waals surface area (Å²) in [5.74, 6) is 3.88. The Balaban J connectivity index is 1.85. The predicted molar refractivity (Wildman–Crippen MR) is 106 cm³/mol. The van der Waals surface area contributed by atoms with Crippen molar-refractivity contribution in [1.82, 2.24) is 9.97 Å². The van der Waals surface area contributed by atoms with Gasteiger partial charge in [0.05, 0.1) is 16.5 Å². The fourth-order valence-electron chi connectivity index (χ4n) is 2.54. The van der Waals surface area contributed by atoms with Crippen molar-refractivity contribution in [3.05, 3.63) is 28.8 Å². The van der Waals surface area contributed by atoms with Gasteiger partial charge in [0.2, 0.25) is 0 Å². The zero-order valence-corrected chi connectivity index (χ0v) is 15.5. The summed E-state index contributed by atoms with van der Waals surface area (Å²) in [6.45, 7) is -0.0875. The third kappa shape index (κ3) is 4.77. The first-order valence-corrected chi connectivity index (χ1v) is 9.46. The van der Waals surface area contributed by atoms with E-state index < -0.39 is 6.10 Å². The molecule has 1 unspecified atom stereocenters. The second-order valence-corrected chi connectivity index (χ2v) is 7.50. The highest BCUT2D eigenvalue weighted by molar-refractivity contribution is 7.15. The summed E-state index contributed by atoms with van der Waals surface area (Å²) in [7, 11) is 0. The van der Waals surface area contributed by atoms with Gasteiger partial charge in [-0.05, 0) is 30.9 Å². The van der Waals surface area contributed by atoms with E-state index in [0.717, 1.165) is 22.6 Å². The number of aliphatic imine (C=N–C) groups is 1. The molecule has 0 radical (unpaired) electrons. The molecule has 27 heavy (non-hydrogen) atoms. The molecule has 1 aliphatic carbocycles. The molecule has 0 saturated heterocycles. The minimum Gasteiger partial charge on any atom is -0.396 e. The van der Waals surface area contributed by atoms with Crippen molar-refractivity contribution < 1.29 is 10.2 Å². The van der Waals surface area contributed by atoms with Crippen LogP contribution in [0.5, 0.6) is 0 Å². The Labute approximate surface area is 161 Å². The average Bonchev–Trinajstić information content (AvgIpc) is 3.38. The summed E-state index contributed by atoms with van der Waals surface area (Å²) in [5.41, 5.74) is 7.01. The van der Waals surface area contributed by atoms with Crippen LogP contribution in [0.4, 0.5) is 5.82 Å². The number of amidine groups is 1. The topological polar surface area (TPSA) is 128 Å². The zero-order valence-electron chi connectivity index (χ0n) is 14.7. The third-order valence-electron chi connectivity index (χ3n) is 4.19. The average molecular weight is 383 g/mol. The van der Waals surface area contributed by atoms with E-state index in [2.05, 4.69) is 20.9 Å². The van der Waals surface area contributed by atoms with E-state index in [-0.39, 0.29) is 13.0 Å². The van der Waals surface area contributed by atoms with Crippen molar-refractivity contribution >= 4 is 28.7 Å². The molecular formula is C19H21N5O2S. The van der Waals surface area contributed by atoms with Crippen molar-refractivity contribution in [2.45, 2.75) is 31.8 Å². The molecule has 2 aromatic rings. The summed E-state index contributed by atoms with van der Waals surface area (Å²) in [5, 5.41) is 26.9. The van der Waals surface area contributed by atoms with Crippen LogP contribution < -0.4 is 5.73 Å². The van der Waals surface area contributed by atoms with Crippen LogP contribution in [-0.2, 0) is 0 Å². The van der Waals surface area contributed by atoms with Gasteiger partial charge < -0.3 is 21.4 Å². The molecule has 0 spiro atoms. The number of nitrogens with two attached hydrogens (primary N) is 1. The number of nitrogens with one attached hydrogen (secondary N) is 1. The Bertz CT molecular complexity index is 911. The molecule has 1 saturated carbocycles. The molecule has 1 fully saturated rings. The number of aromatic nitrogens is 2. The van der Waals surface area contributed by atoms with Gasteiger partial charge in [-0.2, -0.15) is 0 Å². The second-order valence-electron chi connectivity index (χ2n) is 6.38. The Kier molecular flexibility index (Phi) is 5.96. The van der Waals surface area contributed by atoms with Gasteiger partial charge in [0, 0.05) is 36.2 Å². The third-order valence-corrected chi connectivity index (χ3v) is 5.38. The first kappa shape index (κ1) is 19.2. The van der Waals surface area contributed by atoms with Crippen molar-refractivity contribution in [1.29, 1.82) is 5.41 Å². The predicted octanol–water partition coefficient (Wildman–Crippen LogP) is 2.41. The Morgan fingerprint density at radius 3 is 2.93 bits per heavy atom. The van der Waals surface area contributed by atoms with Crippen molar-refractivity contribution in [2.75, 3.05) is 6.61 Å². The summed E-state index contributed by atoms with van der Waals surface area (Å²) in [4.78, 5) is 14.5. The van der Waals surface area contributed by atoms with E-state index in [0.29, 0.717) is 41.1 Å². The molecule has 1 atom stereocenters. The van der Waals surface area contributed by atoms with Gasteiger partial charge in [0.1, 0.15) is 5.84 Å². The van der Waals surface area contributed by atoms with E-state index in [1.165, 1.54) is 17.5 Å². The Hall–Kier alpha value is -2.60. The second kappa shape index (κ2) is 8.39. The van der Waals surface area contributed by atoms with E-state index in [1.54, 1.807) is 6.07 Å². The molecule has 1 aliphatic rings. The number of nitrogens with zero attached hydrogens (tertiary/aromatic N) is 3. The summed E-state index contributed by atoms with van der Waals surface area (Å²) in [6, 6.07) is 3.60. The molecule has 2 heterocycles. The highest BCUT2D eigenvalue weighted by atomic mass is 32.1. The SMILES string of the molecule is C#Cc1cnc(-c2ccc(C(O)CCO)s2)nc1N=C(N)CC(=N)C1CC1. The molecule has 0 aromatic carbocycles. The fourth-order valence-corrected chi connectivity index (χ4v) is 3.51. The van der Waals surface area contributed by atoms with Crippen LogP contribution in [0.1, 0.15) is 42.2 Å². The number of hydrogen-bond acceptors (Lipinski definition) is 7. The largest absolute Gasteiger partial charge is 0.396 e. The summed E-state index contributed by atoms with van der Waals surface area (Å²) < 4.78 is 0. The van der Waals surface area contributed by atoms with E-state index in [4.69, 9.17) is 22.7 Å². The highest BCUT2D eigenvalue weighted by Gasteiger charge is 2.26. The normalized spacial score (nSPS) is 15.4. The quantitative estimate of drug-likeness (QED) is 0.316. The standard InChI is InChI=1S/C19H21N5O2S/c1-2-11-10-22-19(16-6-5-15(27-16)14(26)7-8-25)24-18(11)23-17(21)9-13(20)12-3-4-12/h1,5-6,10,12,14,20,25-26H,3-4,7-9H2,(H2,21,22,23,24). The lowest BCUT2D eigenvalue weighted by Crippen LogP contribution is -2.17. The number of aliphatic hydroxyl groups excluding tert-OH is 2. The number of thiophene rings is 1. The maximum atomic E-state index is 9.99. The van der Waals surface area contributed by atoms with E-state index >= 15 is 0 Å². The lowest BCUT2D eigenvalue weighted by Gasteiger charge is -2.05. The van der Waals surface area contributed by atoms with Crippen molar-refractivity contribution in [3.8, 4) is 23.0 Å². The van der Waals surface area contributed by atoms with E-state index in [1.807, 2.05) is 6.07 Å². The van der Waals surface area contributed by atoms with Gasteiger partial charge in [0.15, 0.2) is 11.6 Å². The molecule has 0 aliphatic heterocycles. The molecule has 2 aromatic heterocycles. The fraction of sp³-hybridized carbons (Fsp3) is 0.368. The minimum absolute atomic E-state index is 0.0875. The first-order chi connectivity index (χ1) is 13.0. The zero-order chi connectivity index (χ0) is 19.4. The molecule has 140 valence electrons. The summed E-state index contributed by atoms with van der Waals surface area (Å²) in [6.07, 6.45) is 8.98. The smallest absolute Gasteiger partial charge is 0.173 e. The van der Waals surface area contributed by atoms with Crippen LogP contribution in [0.25, 0.3) is 10.7 Å². The molecule has 5 N–H and O–H groups in total. The van der Waals surface area contributed by atoms with Crippen molar-refractivity contribution in [3.63, 3.8) is 0 Å². The number of aliphatic hydroxyl groups is 2. The number of terminal acetylenes is 1. The van der Waals surface area contributed by atoms with Crippen molar-refractivity contribution in [2.24, 2.45) is 16.6 Å². The molecule has 3 rings (SSSR count). The van der Waals surface area contributed by atoms with Crippen LogP contribution in [0.3, 0.4) is 0 Å². The first-order valence-electron chi connectivity index (χ1n) is 8.64. The Morgan fingerprint density at radius 1 is 1.48 bits per heavy atom. The van der Waals surface area contributed by atoms with Gasteiger partial charge in [-0.15, -0.1) is 17.8 Å².